The highest BCUT2D eigenvalue weighted by molar-refractivity contribution is 7.86. The SMILES string of the molecule is CCCC(C(C)O)S(=O)(=O)O. The zero-order valence-corrected chi connectivity index (χ0v) is 7.50. The minimum absolute atomic E-state index is 0.288. The van der Waals surface area contributed by atoms with E-state index >= 15 is 0 Å². The fraction of sp³-hybridized carbons (Fsp3) is 1.00. The summed E-state index contributed by atoms with van der Waals surface area (Å²) in [6, 6.07) is 0. The van der Waals surface area contributed by atoms with Gasteiger partial charge in [-0.2, -0.15) is 8.42 Å². The topological polar surface area (TPSA) is 74.6 Å². The Morgan fingerprint density at radius 3 is 2.00 bits per heavy atom. The first-order valence-corrected chi connectivity index (χ1v) is 5.04. The van der Waals surface area contributed by atoms with Crippen LogP contribution in [0.3, 0.4) is 0 Å². The molecule has 0 bridgehead atoms. The summed E-state index contributed by atoms with van der Waals surface area (Å²) in [5.74, 6) is 0. The molecule has 0 aliphatic rings. The van der Waals surface area contributed by atoms with Gasteiger partial charge < -0.3 is 5.11 Å². The second kappa shape index (κ2) is 4.04. The normalized spacial score (nSPS) is 17.8. The van der Waals surface area contributed by atoms with Crippen molar-refractivity contribution < 1.29 is 18.1 Å². The Morgan fingerprint density at radius 1 is 1.45 bits per heavy atom. The van der Waals surface area contributed by atoms with E-state index in [1.54, 1.807) is 6.92 Å². The maximum atomic E-state index is 10.6. The summed E-state index contributed by atoms with van der Waals surface area (Å²) in [5.41, 5.74) is 0. The molecule has 5 heteroatoms. The molecule has 11 heavy (non-hydrogen) atoms. The molecular weight excluding hydrogens is 168 g/mol. The fourth-order valence-electron chi connectivity index (χ4n) is 0.924. The van der Waals surface area contributed by atoms with Crippen LogP contribution >= 0.6 is 0 Å². The average Bonchev–Trinajstić information content (AvgIpc) is 1.79. The molecule has 0 amide bonds. The summed E-state index contributed by atoms with van der Waals surface area (Å²) in [4.78, 5) is 0. The highest BCUT2D eigenvalue weighted by Gasteiger charge is 2.26. The van der Waals surface area contributed by atoms with Crippen LogP contribution in [0.5, 0.6) is 0 Å². The molecule has 0 saturated heterocycles. The van der Waals surface area contributed by atoms with E-state index in [1.165, 1.54) is 6.92 Å². The summed E-state index contributed by atoms with van der Waals surface area (Å²) in [6.45, 7) is 3.15. The van der Waals surface area contributed by atoms with Crippen LogP contribution in [0.1, 0.15) is 26.7 Å². The van der Waals surface area contributed by atoms with Crippen LogP contribution in [-0.2, 0) is 10.1 Å². The summed E-state index contributed by atoms with van der Waals surface area (Å²) in [5, 5.41) is 7.90. The van der Waals surface area contributed by atoms with E-state index in [2.05, 4.69) is 0 Å². The van der Waals surface area contributed by atoms with Crippen molar-refractivity contribution in [2.45, 2.75) is 38.0 Å². The summed E-state index contributed by atoms with van der Waals surface area (Å²) >= 11 is 0. The molecule has 0 aromatic rings. The van der Waals surface area contributed by atoms with Gasteiger partial charge in [-0.3, -0.25) is 4.55 Å². The minimum Gasteiger partial charge on any atom is -0.392 e. The molecule has 0 rings (SSSR count). The molecule has 0 fully saturated rings. The van der Waals surface area contributed by atoms with Gasteiger partial charge in [-0.1, -0.05) is 13.3 Å². The van der Waals surface area contributed by atoms with E-state index in [0.29, 0.717) is 6.42 Å². The van der Waals surface area contributed by atoms with Crippen molar-refractivity contribution in [3.8, 4) is 0 Å². The predicted octanol–water partition coefficient (Wildman–Crippen LogP) is 0.424. The zero-order valence-electron chi connectivity index (χ0n) is 6.69. The van der Waals surface area contributed by atoms with Gasteiger partial charge in [0.05, 0.1) is 6.10 Å². The number of hydrogen-bond acceptors (Lipinski definition) is 3. The molecular formula is C6H14O4S. The van der Waals surface area contributed by atoms with Crippen molar-refractivity contribution in [2.75, 3.05) is 0 Å². The van der Waals surface area contributed by atoms with E-state index in [4.69, 9.17) is 9.66 Å². The highest BCUT2D eigenvalue weighted by atomic mass is 32.2. The quantitative estimate of drug-likeness (QED) is 0.618. The van der Waals surface area contributed by atoms with Gasteiger partial charge in [-0.05, 0) is 13.3 Å². The Bertz CT molecular complexity index is 195. The molecule has 2 atom stereocenters. The number of hydrogen-bond donors (Lipinski definition) is 2. The van der Waals surface area contributed by atoms with Crippen molar-refractivity contribution >= 4 is 10.1 Å². The smallest absolute Gasteiger partial charge is 0.270 e. The maximum Gasteiger partial charge on any atom is 0.270 e. The Morgan fingerprint density at radius 2 is 1.91 bits per heavy atom. The first kappa shape index (κ1) is 10.9. The molecule has 0 radical (unpaired) electrons. The van der Waals surface area contributed by atoms with Crippen LogP contribution in [-0.4, -0.2) is 29.4 Å². The molecule has 0 aliphatic carbocycles. The van der Waals surface area contributed by atoms with Gasteiger partial charge in [0.2, 0.25) is 0 Å². The first-order chi connectivity index (χ1) is 4.89. The van der Waals surface area contributed by atoms with Gasteiger partial charge in [0, 0.05) is 0 Å². The summed E-state index contributed by atoms with van der Waals surface area (Å²) in [6.07, 6.45) is -0.101. The van der Waals surface area contributed by atoms with Crippen LogP contribution in [0, 0.1) is 0 Å². The molecule has 68 valence electrons. The second-order valence-electron chi connectivity index (χ2n) is 2.58. The van der Waals surface area contributed by atoms with Crippen molar-refractivity contribution in [1.29, 1.82) is 0 Å². The van der Waals surface area contributed by atoms with Crippen LogP contribution < -0.4 is 0 Å². The molecule has 0 heterocycles. The first-order valence-electron chi connectivity index (χ1n) is 3.54. The number of aliphatic hydroxyl groups excluding tert-OH is 1. The lowest BCUT2D eigenvalue weighted by Crippen LogP contribution is -2.31. The molecule has 0 aromatic heterocycles. The predicted molar refractivity (Wildman–Crippen MR) is 41.9 cm³/mol. The van der Waals surface area contributed by atoms with Crippen molar-refractivity contribution in [3.05, 3.63) is 0 Å². The summed E-state index contributed by atoms with van der Waals surface area (Å²) < 4.78 is 29.7. The molecule has 0 aliphatic heterocycles. The molecule has 2 unspecified atom stereocenters. The Hall–Kier alpha value is -0.130. The van der Waals surface area contributed by atoms with Crippen molar-refractivity contribution in [2.24, 2.45) is 0 Å². The van der Waals surface area contributed by atoms with E-state index < -0.39 is 21.5 Å². The van der Waals surface area contributed by atoms with Crippen molar-refractivity contribution in [1.82, 2.24) is 0 Å². The van der Waals surface area contributed by atoms with E-state index in [9.17, 15) is 8.42 Å². The molecule has 0 spiro atoms. The van der Waals surface area contributed by atoms with Gasteiger partial charge >= 0.3 is 0 Å². The third-order valence-electron chi connectivity index (χ3n) is 1.49. The van der Waals surface area contributed by atoms with Gasteiger partial charge in [-0.15, -0.1) is 0 Å². The van der Waals surface area contributed by atoms with Gasteiger partial charge in [-0.25, -0.2) is 0 Å². The molecule has 0 aromatic carbocycles. The third-order valence-corrected chi connectivity index (χ3v) is 2.89. The Balaban J connectivity index is 4.36. The van der Waals surface area contributed by atoms with Crippen LogP contribution in [0.25, 0.3) is 0 Å². The lowest BCUT2D eigenvalue weighted by molar-refractivity contribution is 0.179. The number of aliphatic hydroxyl groups is 1. The average molecular weight is 182 g/mol. The van der Waals surface area contributed by atoms with Crippen LogP contribution in [0.4, 0.5) is 0 Å². The van der Waals surface area contributed by atoms with Gasteiger partial charge in [0.1, 0.15) is 5.25 Å². The maximum absolute atomic E-state index is 10.6. The Labute approximate surface area is 67.0 Å². The summed E-state index contributed by atoms with van der Waals surface area (Å²) in [7, 11) is -4.08. The fourth-order valence-corrected chi connectivity index (χ4v) is 1.95. The molecule has 0 saturated carbocycles. The second-order valence-corrected chi connectivity index (χ2v) is 4.22. The lowest BCUT2D eigenvalue weighted by Gasteiger charge is -2.14. The molecule has 4 nitrogen and oxygen atoms in total. The lowest BCUT2D eigenvalue weighted by atomic mass is 10.2. The largest absolute Gasteiger partial charge is 0.392 e. The van der Waals surface area contributed by atoms with E-state index in [0.717, 1.165) is 0 Å². The van der Waals surface area contributed by atoms with Gasteiger partial charge in [0.15, 0.2) is 0 Å². The van der Waals surface area contributed by atoms with Crippen LogP contribution in [0.15, 0.2) is 0 Å². The monoisotopic (exact) mass is 182 g/mol. The third kappa shape index (κ3) is 3.69. The van der Waals surface area contributed by atoms with Crippen molar-refractivity contribution in [3.63, 3.8) is 0 Å². The standard InChI is InChI=1S/C6H14O4S/c1-3-4-6(5(2)7)11(8,9)10/h5-7H,3-4H2,1-2H3,(H,8,9,10). The minimum atomic E-state index is -4.08. The highest BCUT2D eigenvalue weighted by Crippen LogP contribution is 2.11. The van der Waals surface area contributed by atoms with Gasteiger partial charge in [0.25, 0.3) is 10.1 Å². The van der Waals surface area contributed by atoms with Crippen LogP contribution in [0.2, 0.25) is 0 Å². The van der Waals surface area contributed by atoms with E-state index in [1.807, 2.05) is 0 Å². The zero-order chi connectivity index (χ0) is 9.07. The molecule has 2 N–H and O–H groups in total. The van der Waals surface area contributed by atoms with E-state index in [-0.39, 0.29) is 6.42 Å². The Kier molecular flexibility index (Phi) is 3.99. The number of rotatable bonds is 4.